The Kier molecular flexibility index (Phi) is 5.43. The summed E-state index contributed by atoms with van der Waals surface area (Å²) in [5.41, 5.74) is 0.498. The van der Waals surface area contributed by atoms with Gasteiger partial charge in [-0.3, -0.25) is 4.79 Å². The predicted octanol–water partition coefficient (Wildman–Crippen LogP) is 2.11. The topological polar surface area (TPSA) is 117 Å². The first-order chi connectivity index (χ1) is 15.0. The van der Waals surface area contributed by atoms with Crippen LogP contribution in [0.15, 0.2) is 71.8 Å². The number of nitrogens with zero attached hydrogens (tertiary/aromatic N) is 4. The van der Waals surface area contributed by atoms with E-state index in [1.54, 1.807) is 24.3 Å². The van der Waals surface area contributed by atoms with Crippen molar-refractivity contribution in [3.05, 3.63) is 83.0 Å². The van der Waals surface area contributed by atoms with E-state index in [2.05, 4.69) is 20.1 Å². The van der Waals surface area contributed by atoms with Gasteiger partial charge in [0, 0.05) is 18.1 Å². The number of rotatable bonds is 6. The van der Waals surface area contributed by atoms with Gasteiger partial charge in [0.05, 0.1) is 12.7 Å². The summed E-state index contributed by atoms with van der Waals surface area (Å²) in [4.78, 5) is 40.6. The van der Waals surface area contributed by atoms with Gasteiger partial charge >= 0.3 is 11.7 Å². The standard InChI is InChI=1S/C21H17N5O5/c1-30-20(28)14-7-9-15(10-8-14)23-17(27)13-26-21(29)25-12-11-22-19(18(25)24-26)31-16-5-3-2-4-6-16/h2-12H,13H2,1H3,(H,23,27). The van der Waals surface area contributed by atoms with Crippen LogP contribution in [0.4, 0.5) is 5.69 Å². The number of hydrogen-bond donors (Lipinski definition) is 1. The first-order valence-electron chi connectivity index (χ1n) is 9.20. The van der Waals surface area contributed by atoms with E-state index in [4.69, 9.17) is 4.74 Å². The molecule has 0 fully saturated rings. The SMILES string of the molecule is COC(=O)c1ccc(NC(=O)Cn2nc3c(Oc4ccccc4)nccn3c2=O)cc1. The highest BCUT2D eigenvalue weighted by Crippen LogP contribution is 2.21. The van der Waals surface area contributed by atoms with Crippen molar-refractivity contribution >= 4 is 23.2 Å². The molecule has 0 saturated carbocycles. The number of nitrogens with one attached hydrogen (secondary N) is 1. The summed E-state index contributed by atoms with van der Waals surface area (Å²) in [5.74, 6) is -0.257. The number of fused-ring (bicyclic) bond motifs is 1. The van der Waals surface area contributed by atoms with Crippen molar-refractivity contribution in [2.45, 2.75) is 6.54 Å². The van der Waals surface area contributed by atoms with Crippen LogP contribution in [0.3, 0.4) is 0 Å². The number of para-hydroxylation sites is 1. The number of carbonyl (C=O) groups excluding carboxylic acids is 2. The maximum Gasteiger partial charge on any atom is 0.351 e. The van der Waals surface area contributed by atoms with Crippen LogP contribution >= 0.6 is 0 Å². The first-order valence-corrected chi connectivity index (χ1v) is 9.20. The summed E-state index contributed by atoms with van der Waals surface area (Å²) in [6.45, 7) is -0.315. The first kappa shape index (κ1) is 19.8. The molecule has 0 aliphatic carbocycles. The highest BCUT2D eigenvalue weighted by atomic mass is 16.5. The fourth-order valence-corrected chi connectivity index (χ4v) is 2.85. The molecule has 31 heavy (non-hydrogen) atoms. The third kappa shape index (κ3) is 4.27. The maximum absolute atomic E-state index is 12.6. The normalized spacial score (nSPS) is 10.6. The van der Waals surface area contributed by atoms with Crippen molar-refractivity contribution in [3.8, 4) is 11.6 Å². The molecule has 0 atom stereocenters. The summed E-state index contributed by atoms with van der Waals surface area (Å²) in [5, 5.41) is 6.85. The molecule has 10 heteroatoms. The zero-order valence-corrected chi connectivity index (χ0v) is 16.4. The van der Waals surface area contributed by atoms with Crippen molar-refractivity contribution in [2.75, 3.05) is 12.4 Å². The molecule has 156 valence electrons. The number of benzene rings is 2. The molecule has 10 nitrogen and oxygen atoms in total. The summed E-state index contributed by atoms with van der Waals surface area (Å²) in [7, 11) is 1.29. The van der Waals surface area contributed by atoms with Gasteiger partial charge in [0.2, 0.25) is 11.6 Å². The number of methoxy groups -OCH3 is 1. The number of anilines is 1. The molecule has 0 bridgehead atoms. The Morgan fingerprint density at radius 1 is 1.06 bits per heavy atom. The molecular formula is C21H17N5O5. The van der Waals surface area contributed by atoms with Crippen LogP contribution in [0.5, 0.6) is 11.6 Å². The minimum absolute atomic E-state index is 0.142. The Balaban J connectivity index is 1.52. The Morgan fingerprint density at radius 2 is 1.81 bits per heavy atom. The third-order valence-corrected chi connectivity index (χ3v) is 4.31. The van der Waals surface area contributed by atoms with Crippen molar-refractivity contribution < 1.29 is 19.1 Å². The van der Waals surface area contributed by atoms with Crippen LogP contribution in [-0.4, -0.2) is 38.2 Å². The molecule has 1 N–H and O–H groups in total. The third-order valence-electron chi connectivity index (χ3n) is 4.31. The molecule has 2 aromatic heterocycles. The van der Waals surface area contributed by atoms with Gasteiger partial charge in [0.1, 0.15) is 12.3 Å². The van der Waals surface area contributed by atoms with Crippen LogP contribution in [-0.2, 0) is 16.1 Å². The number of carbonyl (C=O) groups is 2. The lowest BCUT2D eigenvalue weighted by molar-refractivity contribution is -0.117. The van der Waals surface area contributed by atoms with Crippen LogP contribution in [0.2, 0.25) is 0 Å². The Hall–Kier alpha value is -4.47. The van der Waals surface area contributed by atoms with Crippen LogP contribution < -0.4 is 15.7 Å². The fraction of sp³-hybridized carbons (Fsp3) is 0.0952. The van der Waals surface area contributed by atoms with E-state index < -0.39 is 17.6 Å². The summed E-state index contributed by atoms with van der Waals surface area (Å²) in [6.07, 6.45) is 2.87. The van der Waals surface area contributed by atoms with Gasteiger partial charge in [-0.1, -0.05) is 18.2 Å². The lowest BCUT2D eigenvalue weighted by Gasteiger charge is -2.05. The van der Waals surface area contributed by atoms with E-state index in [0.717, 1.165) is 4.68 Å². The van der Waals surface area contributed by atoms with E-state index in [1.165, 1.54) is 36.0 Å². The van der Waals surface area contributed by atoms with Crippen molar-refractivity contribution in [3.63, 3.8) is 0 Å². The van der Waals surface area contributed by atoms with Gasteiger partial charge < -0.3 is 14.8 Å². The van der Waals surface area contributed by atoms with Gasteiger partial charge in [-0.05, 0) is 36.4 Å². The second-order valence-corrected chi connectivity index (χ2v) is 6.40. The average Bonchev–Trinajstić information content (AvgIpc) is 3.10. The van der Waals surface area contributed by atoms with E-state index in [-0.39, 0.29) is 18.1 Å². The molecule has 2 heterocycles. The highest BCUT2D eigenvalue weighted by Gasteiger charge is 2.16. The predicted molar refractivity (Wildman–Crippen MR) is 110 cm³/mol. The Morgan fingerprint density at radius 3 is 2.52 bits per heavy atom. The van der Waals surface area contributed by atoms with E-state index in [9.17, 15) is 14.4 Å². The van der Waals surface area contributed by atoms with Gasteiger partial charge in [-0.25, -0.2) is 23.7 Å². The van der Waals surface area contributed by atoms with Crippen molar-refractivity contribution in [1.82, 2.24) is 19.2 Å². The molecular weight excluding hydrogens is 402 g/mol. The number of ether oxygens (including phenoxy) is 2. The summed E-state index contributed by atoms with van der Waals surface area (Å²) >= 11 is 0. The maximum atomic E-state index is 12.6. The van der Waals surface area contributed by atoms with Crippen LogP contribution in [0.25, 0.3) is 5.65 Å². The number of hydrogen-bond acceptors (Lipinski definition) is 7. The smallest absolute Gasteiger partial charge is 0.351 e. The molecule has 4 aromatic rings. The molecule has 4 rings (SSSR count). The van der Waals surface area contributed by atoms with E-state index in [1.807, 2.05) is 18.2 Å². The number of aromatic nitrogens is 4. The zero-order valence-electron chi connectivity index (χ0n) is 16.4. The van der Waals surface area contributed by atoms with E-state index in [0.29, 0.717) is 17.0 Å². The van der Waals surface area contributed by atoms with Crippen molar-refractivity contribution in [2.24, 2.45) is 0 Å². The number of esters is 1. The second kappa shape index (κ2) is 8.49. The fourth-order valence-electron chi connectivity index (χ4n) is 2.85. The van der Waals surface area contributed by atoms with Gasteiger partial charge in [-0.15, -0.1) is 5.10 Å². The summed E-state index contributed by atoms with van der Waals surface area (Å²) < 4.78 is 12.6. The highest BCUT2D eigenvalue weighted by molar-refractivity contribution is 5.92. The molecule has 0 aliphatic rings. The second-order valence-electron chi connectivity index (χ2n) is 6.40. The monoisotopic (exact) mass is 419 g/mol. The lowest BCUT2D eigenvalue weighted by Crippen LogP contribution is -2.28. The van der Waals surface area contributed by atoms with Gasteiger partial charge in [0.15, 0.2) is 0 Å². The Bertz CT molecular complexity index is 1300. The molecule has 2 aromatic carbocycles. The average molecular weight is 419 g/mol. The molecule has 0 unspecified atom stereocenters. The lowest BCUT2D eigenvalue weighted by atomic mass is 10.2. The van der Waals surface area contributed by atoms with Gasteiger partial charge in [-0.2, -0.15) is 0 Å². The Labute approximate surface area is 175 Å². The largest absolute Gasteiger partial charge is 0.465 e. The quantitative estimate of drug-likeness (QED) is 0.476. The van der Waals surface area contributed by atoms with E-state index >= 15 is 0 Å². The summed E-state index contributed by atoms with van der Waals surface area (Å²) in [6, 6.07) is 15.1. The number of amides is 1. The molecule has 0 radical (unpaired) electrons. The molecule has 0 aliphatic heterocycles. The molecule has 0 saturated heterocycles. The van der Waals surface area contributed by atoms with Crippen LogP contribution in [0, 0.1) is 0 Å². The molecule has 0 spiro atoms. The van der Waals surface area contributed by atoms with Gasteiger partial charge in [0.25, 0.3) is 5.88 Å². The minimum atomic E-state index is -0.508. The minimum Gasteiger partial charge on any atom is -0.465 e. The zero-order chi connectivity index (χ0) is 21.8. The van der Waals surface area contributed by atoms with Crippen molar-refractivity contribution in [1.29, 1.82) is 0 Å². The molecule has 1 amide bonds. The van der Waals surface area contributed by atoms with Crippen LogP contribution in [0.1, 0.15) is 10.4 Å².